The van der Waals surface area contributed by atoms with Gasteiger partial charge in [-0.2, -0.15) is 0 Å². The van der Waals surface area contributed by atoms with Crippen molar-refractivity contribution in [1.82, 2.24) is 5.32 Å². The van der Waals surface area contributed by atoms with Crippen LogP contribution >= 0.6 is 0 Å². The molecule has 1 aromatic carbocycles. The molecule has 0 amide bonds. The van der Waals surface area contributed by atoms with Crippen molar-refractivity contribution in [3.05, 3.63) is 29.3 Å². The highest BCUT2D eigenvalue weighted by Gasteiger charge is 2.32. The van der Waals surface area contributed by atoms with Gasteiger partial charge in [0.05, 0.1) is 13.7 Å². The van der Waals surface area contributed by atoms with Gasteiger partial charge in [0.1, 0.15) is 5.75 Å². The Morgan fingerprint density at radius 2 is 2.10 bits per heavy atom. The van der Waals surface area contributed by atoms with Gasteiger partial charge in [0.2, 0.25) is 0 Å². The predicted molar refractivity (Wildman–Crippen MR) is 83.7 cm³/mol. The summed E-state index contributed by atoms with van der Waals surface area (Å²) < 4.78 is 10.9. The Morgan fingerprint density at radius 1 is 1.38 bits per heavy atom. The maximum Gasteiger partial charge on any atom is 0.123 e. The maximum atomic E-state index is 9.75. The number of ether oxygens (including phenoxy) is 2. The average molecular weight is 293 g/mol. The Labute approximate surface area is 127 Å². The third-order valence-corrected chi connectivity index (χ3v) is 4.52. The molecule has 0 radical (unpaired) electrons. The number of aliphatic hydroxyl groups excluding tert-OH is 1. The van der Waals surface area contributed by atoms with Crippen LogP contribution in [-0.2, 0) is 4.74 Å². The molecular formula is C17H27NO3. The molecule has 0 spiro atoms. The molecule has 2 N–H and O–H groups in total. The smallest absolute Gasteiger partial charge is 0.123 e. The highest BCUT2D eigenvalue weighted by Crippen LogP contribution is 2.31. The van der Waals surface area contributed by atoms with E-state index in [1.54, 1.807) is 7.11 Å². The van der Waals surface area contributed by atoms with Gasteiger partial charge in [-0.25, -0.2) is 0 Å². The second-order valence-electron chi connectivity index (χ2n) is 6.12. The van der Waals surface area contributed by atoms with Gasteiger partial charge in [-0.05, 0) is 32.8 Å². The molecule has 1 aliphatic heterocycles. The van der Waals surface area contributed by atoms with Crippen LogP contribution in [0, 0.1) is 12.3 Å². The van der Waals surface area contributed by atoms with Crippen molar-refractivity contribution in [2.24, 2.45) is 5.41 Å². The summed E-state index contributed by atoms with van der Waals surface area (Å²) >= 11 is 0. The van der Waals surface area contributed by atoms with E-state index in [2.05, 4.69) is 31.3 Å². The van der Waals surface area contributed by atoms with E-state index in [0.717, 1.165) is 43.9 Å². The Kier molecular flexibility index (Phi) is 5.62. The number of aliphatic hydroxyl groups is 1. The van der Waals surface area contributed by atoms with Gasteiger partial charge in [0.25, 0.3) is 0 Å². The summed E-state index contributed by atoms with van der Waals surface area (Å²) in [7, 11) is 1.70. The zero-order valence-electron chi connectivity index (χ0n) is 13.3. The third kappa shape index (κ3) is 3.96. The molecule has 0 saturated carbocycles. The molecule has 0 bridgehead atoms. The van der Waals surface area contributed by atoms with Crippen molar-refractivity contribution in [3.8, 4) is 5.75 Å². The predicted octanol–water partition coefficient (Wildman–Crippen LogP) is 2.44. The number of rotatable bonds is 6. The highest BCUT2D eigenvalue weighted by molar-refractivity contribution is 5.38. The molecule has 1 unspecified atom stereocenters. The van der Waals surface area contributed by atoms with Crippen molar-refractivity contribution >= 4 is 0 Å². The fourth-order valence-corrected chi connectivity index (χ4v) is 2.87. The number of nitrogens with one attached hydrogen (secondary N) is 1. The summed E-state index contributed by atoms with van der Waals surface area (Å²) in [6.07, 6.45) is 1.82. The molecule has 0 aromatic heterocycles. The fourth-order valence-electron chi connectivity index (χ4n) is 2.87. The lowest BCUT2D eigenvalue weighted by atomic mass is 9.80. The van der Waals surface area contributed by atoms with Gasteiger partial charge in [0.15, 0.2) is 0 Å². The van der Waals surface area contributed by atoms with Crippen LogP contribution in [0.3, 0.4) is 0 Å². The first kappa shape index (κ1) is 16.3. The third-order valence-electron chi connectivity index (χ3n) is 4.52. The highest BCUT2D eigenvalue weighted by atomic mass is 16.5. The Morgan fingerprint density at radius 3 is 2.71 bits per heavy atom. The van der Waals surface area contributed by atoms with Crippen molar-refractivity contribution in [1.29, 1.82) is 0 Å². The minimum absolute atomic E-state index is 0.0520. The molecule has 1 aliphatic rings. The first-order chi connectivity index (χ1) is 10.1. The van der Waals surface area contributed by atoms with E-state index in [0.29, 0.717) is 0 Å². The normalized spacial score (nSPS) is 19.2. The molecule has 4 heteroatoms. The van der Waals surface area contributed by atoms with E-state index in [1.165, 1.54) is 5.56 Å². The molecule has 118 valence electrons. The van der Waals surface area contributed by atoms with Gasteiger partial charge < -0.3 is 19.9 Å². The van der Waals surface area contributed by atoms with Crippen LogP contribution < -0.4 is 10.1 Å². The van der Waals surface area contributed by atoms with E-state index < -0.39 is 0 Å². The number of aryl methyl sites for hydroxylation is 1. The van der Waals surface area contributed by atoms with Crippen LogP contribution in [0.15, 0.2) is 18.2 Å². The van der Waals surface area contributed by atoms with Crippen LogP contribution in [0.2, 0.25) is 0 Å². The largest absolute Gasteiger partial charge is 0.496 e. The van der Waals surface area contributed by atoms with Crippen molar-refractivity contribution in [2.75, 3.05) is 33.5 Å². The Hall–Kier alpha value is -1.10. The molecule has 1 saturated heterocycles. The van der Waals surface area contributed by atoms with E-state index >= 15 is 0 Å². The molecule has 2 rings (SSSR count). The number of hydrogen-bond acceptors (Lipinski definition) is 4. The van der Waals surface area contributed by atoms with Crippen LogP contribution in [0.4, 0.5) is 0 Å². The fraction of sp³-hybridized carbons (Fsp3) is 0.647. The number of methoxy groups -OCH3 is 1. The van der Waals surface area contributed by atoms with Crippen LogP contribution in [0.25, 0.3) is 0 Å². The van der Waals surface area contributed by atoms with Gasteiger partial charge in [0, 0.05) is 36.8 Å². The number of hydrogen-bond donors (Lipinski definition) is 2. The monoisotopic (exact) mass is 293 g/mol. The second-order valence-corrected chi connectivity index (χ2v) is 6.12. The summed E-state index contributed by atoms with van der Waals surface area (Å²) in [5.41, 5.74) is 2.34. The Bertz CT molecular complexity index is 455. The summed E-state index contributed by atoms with van der Waals surface area (Å²) in [5.74, 6) is 0.908. The minimum atomic E-state index is -0.0520. The van der Waals surface area contributed by atoms with E-state index in [1.807, 2.05) is 6.07 Å². The summed E-state index contributed by atoms with van der Waals surface area (Å²) in [5, 5.41) is 13.3. The molecule has 1 heterocycles. The number of benzene rings is 1. The van der Waals surface area contributed by atoms with Crippen LogP contribution in [-0.4, -0.2) is 38.6 Å². The summed E-state index contributed by atoms with van der Waals surface area (Å²) in [4.78, 5) is 0. The zero-order chi connectivity index (χ0) is 15.3. The second kappa shape index (κ2) is 7.25. The topological polar surface area (TPSA) is 50.7 Å². The summed E-state index contributed by atoms with van der Waals surface area (Å²) in [6.45, 7) is 6.71. The first-order valence-corrected chi connectivity index (χ1v) is 7.67. The van der Waals surface area contributed by atoms with Gasteiger partial charge in [-0.3, -0.25) is 0 Å². The lowest BCUT2D eigenvalue weighted by Crippen LogP contribution is -2.42. The average Bonchev–Trinajstić information content (AvgIpc) is 2.53. The van der Waals surface area contributed by atoms with Gasteiger partial charge >= 0.3 is 0 Å². The van der Waals surface area contributed by atoms with E-state index in [-0.39, 0.29) is 18.1 Å². The van der Waals surface area contributed by atoms with Crippen molar-refractivity contribution < 1.29 is 14.6 Å². The molecule has 1 fully saturated rings. The van der Waals surface area contributed by atoms with Crippen molar-refractivity contribution in [3.63, 3.8) is 0 Å². The lowest BCUT2D eigenvalue weighted by Gasteiger charge is -2.36. The molecule has 21 heavy (non-hydrogen) atoms. The van der Waals surface area contributed by atoms with E-state index in [9.17, 15) is 5.11 Å². The summed E-state index contributed by atoms with van der Waals surface area (Å²) in [6, 6.07) is 6.42. The van der Waals surface area contributed by atoms with Gasteiger partial charge in [-0.15, -0.1) is 0 Å². The molecule has 1 aromatic rings. The standard InChI is InChI=1S/C17H27NO3/c1-13-4-5-16(20-3)15(10-13)14(2)18-11-17(12-19)6-8-21-9-7-17/h4-5,10,14,18-19H,6-9,11-12H2,1-3H3. The SMILES string of the molecule is COc1ccc(C)cc1C(C)NCC1(CO)CCOCC1. The molecule has 0 aliphatic carbocycles. The van der Waals surface area contributed by atoms with Crippen LogP contribution in [0.5, 0.6) is 5.75 Å². The minimum Gasteiger partial charge on any atom is -0.496 e. The van der Waals surface area contributed by atoms with Crippen LogP contribution in [0.1, 0.15) is 36.9 Å². The van der Waals surface area contributed by atoms with Gasteiger partial charge in [-0.1, -0.05) is 17.7 Å². The van der Waals surface area contributed by atoms with Crippen molar-refractivity contribution in [2.45, 2.75) is 32.7 Å². The lowest BCUT2D eigenvalue weighted by molar-refractivity contribution is -0.0163. The zero-order valence-corrected chi connectivity index (χ0v) is 13.3. The first-order valence-electron chi connectivity index (χ1n) is 7.67. The maximum absolute atomic E-state index is 9.75. The van der Waals surface area contributed by atoms with E-state index in [4.69, 9.17) is 9.47 Å². The molecular weight excluding hydrogens is 266 g/mol. The Balaban J connectivity index is 2.04. The molecule has 1 atom stereocenters. The molecule has 4 nitrogen and oxygen atoms in total. The quantitative estimate of drug-likeness (QED) is 0.846.